The molecule has 0 aliphatic carbocycles. The quantitative estimate of drug-likeness (QED) is 0.414. The van der Waals surface area contributed by atoms with E-state index in [1.54, 1.807) is 11.8 Å². The van der Waals surface area contributed by atoms with Crippen LogP contribution in [0, 0.1) is 29.1 Å². The van der Waals surface area contributed by atoms with Gasteiger partial charge in [0.2, 0.25) is 29.1 Å². The number of aryl methyl sites for hydroxylation is 1. The zero-order chi connectivity index (χ0) is 21.1. The van der Waals surface area contributed by atoms with E-state index < -0.39 is 47.3 Å². The molecule has 0 atom stereocenters. The van der Waals surface area contributed by atoms with Gasteiger partial charge < -0.3 is 14.8 Å². The molecule has 2 rings (SSSR count). The van der Waals surface area contributed by atoms with Gasteiger partial charge >= 0.3 is 0 Å². The number of halogens is 5. The third kappa shape index (κ3) is 4.97. The van der Waals surface area contributed by atoms with Crippen LogP contribution in [0.3, 0.4) is 0 Å². The molecule has 0 spiro atoms. The van der Waals surface area contributed by atoms with Crippen molar-refractivity contribution in [3.05, 3.63) is 41.5 Å². The summed E-state index contributed by atoms with van der Waals surface area (Å²) in [6.45, 7) is 3.32. The summed E-state index contributed by atoms with van der Waals surface area (Å²) < 4.78 is 77.4. The van der Waals surface area contributed by atoms with E-state index in [0.29, 0.717) is 13.0 Å². The molecule has 11 heteroatoms. The van der Waals surface area contributed by atoms with Crippen molar-refractivity contribution >= 4 is 11.6 Å². The summed E-state index contributed by atoms with van der Waals surface area (Å²) in [6, 6.07) is 0. The highest BCUT2D eigenvalue weighted by atomic mass is 19.2. The number of nitrogens with one attached hydrogen (secondary N) is 1. The normalized spacial score (nSPS) is 11.6. The molecular weight excluding hydrogens is 389 g/mol. The molecule has 0 saturated heterocycles. The second-order valence-electron chi connectivity index (χ2n) is 6.44. The van der Waals surface area contributed by atoms with Crippen LogP contribution < -0.4 is 10.1 Å². The minimum Gasteiger partial charge on any atom is -0.477 e. The number of benzene rings is 1. The first kappa shape index (κ1) is 21.6. The van der Waals surface area contributed by atoms with E-state index in [4.69, 9.17) is 4.74 Å². The summed E-state index contributed by atoms with van der Waals surface area (Å²) >= 11 is 0. The van der Waals surface area contributed by atoms with Crippen LogP contribution in [-0.4, -0.2) is 35.0 Å². The van der Waals surface area contributed by atoms with Crippen molar-refractivity contribution in [3.63, 3.8) is 0 Å². The van der Waals surface area contributed by atoms with Gasteiger partial charge in [-0.1, -0.05) is 0 Å². The number of hydrogen-bond acceptors (Lipinski definition) is 4. The molecule has 1 amide bonds. The van der Waals surface area contributed by atoms with Crippen molar-refractivity contribution in [3.8, 4) is 5.75 Å². The molecule has 0 radical (unpaired) electrons. The first-order valence-electron chi connectivity index (χ1n) is 8.07. The Morgan fingerprint density at radius 3 is 2.25 bits per heavy atom. The van der Waals surface area contributed by atoms with Gasteiger partial charge in [0.05, 0.1) is 17.5 Å². The van der Waals surface area contributed by atoms with Gasteiger partial charge in [0.1, 0.15) is 0 Å². The van der Waals surface area contributed by atoms with Crippen LogP contribution in [0.25, 0.3) is 0 Å². The SMILES string of the molecule is COC(C)(C)CCn1cc(NC(=O)COc2c(F)c(F)c(F)c(F)c2F)cn1. The van der Waals surface area contributed by atoms with Crippen molar-refractivity contribution in [1.29, 1.82) is 0 Å². The average molecular weight is 407 g/mol. The number of nitrogens with zero attached hydrogens (tertiary/aromatic N) is 2. The van der Waals surface area contributed by atoms with Crippen LogP contribution in [0.1, 0.15) is 20.3 Å². The molecule has 0 fully saturated rings. The predicted octanol–water partition coefficient (Wildman–Crippen LogP) is 3.41. The Bertz CT molecular complexity index is 841. The minimum atomic E-state index is -2.31. The van der Waals surface area contributed by atoms with Crippen molar-refractivity contribution in [2.75, 3.05) is 19.0 Å². The fraction of sp³-hybridized carbons (Fsp3) is 0.412. The van der Waals surface area contributed by atoms with Gasteiger partial charge in [-0.15, -0.1) is 0 Å². The molecule has 0 bridgehead atoms. The van der Waals surface area contributed by atoms with Crippen LogP contribution in [-0.2, 0) is 16.1 Å². The molecule has 1 aromatic carbocycles. The van der Waals surface area contributed by atoms with Gasteiger partial charge in [-0.25, -0.2) is 13.2 Å². The average Bonchev–Trinajstić information content (AvgIpc) is 3.10. The highest BCUT2D eigenvalue weighted by Crippen LogP contribution is 2.29. The standard InChI is InChI=1S/C17H18F5N3O3/c1-17(2,27-3)4-5-25-7-9(6-23-25)24-10(26)8-28-16-14(21)12(19)11(18)13(20)15(16)22/h6-7H,4-5,8H2,1-3H3,(H,24,26). The number of anilines is 1. The molecule has 2 aromatic rings. The molecule has 154 valence electrons. The van der Waals surface area contributed by atoms with E-state index in [0.717, 1.165) is 0 Å². The number of rotatable bonds is 8. The molecule has 1 heterocycles. The fourth-order valence-corrected chi connectivity index (χ4v) is 2.08. The molecule has 6 nitrogen and oxygen atoms in total. The summed E-state index contributed by atoms with van der Waals surface area (Å²) in [6.07, 6.45) is 3.47. The van der Waals surface area contributed by atoms with Crippen LogP contribution in [0.4, 0.5) is 27.6 Å². The Hall–Kier alpha value is -2.69. The number of carbonyl (C=O) groups excluding carboxylic acids is 1. The Morgan fingerprint density at radius 2 is 1.68 bits per heavy atom. The number of methoxy groups -OCH3 is 1. The monoisotopic (exact) mass is 407 g/mol. The number of carbonyl (C=O) groups is 1. The lowest BCUT2D eigenvalue weighted by Gasteiger charge is -2.22. The predicted molar refractivity (Wildman–Crippen MR) is 88.3 cm³/mol. The summed E-state index contributed by atoms with van der Waals surface area (Å²) in [5, 5.41) is 6.37. The lowest BCUT2D eigenvalue weighted by molar-refractivity contribution is -0.118. The second-order valence-corrected chi connectivity index (χ2v) is 6.44. The highest BCUT2D eigenvalue weighted by molar-refractivity contribution is 5.91. The van der Waals surface area contributed by atoms with Crippen molar-refractivity contribution in [1.82, 2.24) is 9.78 Å². The Kier molecular flexibility index (Phi) is 6.60. The third-order valence-electron chi connectivity index (χ3n) is 3.93. The van der Waals surface area contributed by atoms with E-state index in [1.807, 2.05) is 13.8 Å². The van der Waals surface area contributed by atoms with E-state index >= 15 is 0 Å². The molecule has 0 aliphatic rings. The van der Waals surface area contributed by atoms with Gasteiger partial charge in [0.15, 0.2) is 12.4 Å². The Balaban J connectivity index is 1.96. The fourth-order valence-electron chi connectivity index (χ4n) is 2.08. The maximum absolute atomic E-state index is 13.5. The smallest absolute Gasteiger partial charge is 0.262 e. The maximum Gasteiger partial charge on any atom is 0.262 e. The van der Waals surface area contributed by atoms with Gasteiger partial charge in [-0.05, 0) is 20.3 Å². The summed E-state index contributed by atoms with van der Waals surface area (Å²) in [7, 11) is 1.58. The molecule has 0 aliphatic heterocycles. The van der Waals surface area contributed by atoms with Crippen molar-refractivity contribution < 1.29 is 36.2 Å². The van der Waals surface area contributed by atoms with E-state index in [1.165, 1.54) is 12.4 Å². The molecule has 1 N–H and O–H groups in total. The zero-order valence-electron chi connectivity index (χ0n) is 15.3. The minimum absolute atomic E-state index is 0.265. The maximum atomic E-state index is 13.5. The lowest BCUT2D eigenvalue weighted by atomic mass is 10.1. The van der Waals surface area contributed by atoms with Crippen molar-refractivity contribution in [2.45, 2.75) is 32.4 Å². The number of aromatic nitrogens is 2. The third-order valence-corrected chi connectivity index (χ3v) is 3.93. The van der Waals surface area contributed by atoms with Crippen LogP contribution in [0.15, 0.2) is 12.4 Å². The van der Waals surface area contributed by atoms with E-state index in [9.17, 15) is 26.7 Å². The lowest BCUT2D eigenvalue weighted by Crippen LogP contribution is -2.24. The first-order valence-corrected chi connectivity index (χ1v) is 8.07. The van der Waals surface area contributed by atoms with Gasteiger partial charge in [-0.3, -0.25) is 9.48 Å². The molecule has 0 saturated carbocycles. The van der Waals surface area contributed by atoms with Crippen molar-refractivity contribution in [2.24, 2.45) is 0 Å². The molecule has 1 aromatic heterocycles. The summed E-state index contributed by atoms with van der Waals surface area (Å²) in [5.74, 6) is -13.3. The number of ether oxygens (including phenoxy) is 2. The molecule has 0 unspecified atom stereocenters. The Morgan fingerprint density at radius 1 is 1.11 bits per heavy atom. The molecular formula is C17H18F5N3O3. The number of amides is 1. The highest BCUT2D eigenvalue weighted by Gasteiger charge is 2.27. The Labute approximate surface area is 157 Å². The summed E-state index contributed by atoms with van der Waals surface area (Å²) in [4.78, 5) is 11.8. The first-order chi connectivity index (χ1) is 13.1. The zero-order valence-corrected chi connectivity index (χ0v) is 15.3. The van der Waals surface area contributed by atoms with Gasteiger partial charge in [0.25, 0.3) is 5.91 Å². The van der Waals surface area contributed by atoms with E-state index in [-0.39, 0.29) is 11.3 Å². The number of hydrogen-bond donors (Lipinski definition) is 1. The largest absolute Gasteiger partial charge is 0.477 e. The van der Waals surface area contributed by atoms with Gasteiger partial charge in [0, 0.05) is 19.9 Å². The summed E-state index contributed by atoms with van der Waals surface area (Å²) in [5.41, 5.74) is -0.0990. The second kappa shape index (κ2) is 8.55. The topological polar surface area (TPSA) is 65.4 Å². The van der Waals surface area contributed by atoms with Crippen LogP contribution in [0.5, 0.6) is 5.75 Å². The molecule has 28 heavy (non-hydrogen) atoms. The van der Waals surface area contributed by atoms with Crippen LogP contribution in [0.2, 0.25) is 0 Å². The van der Waals surface area contributed by atoms with Crippen LogP contribution >= 0.6 is 0 Å². The van der Waals surface area contributed by atoms with Gasteiger partial charge in [-0.2, -0.15) is 13.9 Å². The van der Waals surface area contributed by atoms with E-state index in [2.05, 4.69) is 15.2 Å².